The highest BCUT2D eigenvalue weighted by molar-refractivity contribution is 7.03. The van der Waals surface area contributed by atoms with Crippen molar-refractivity contribution in [2.45, 2.75) is 0 Å². The Hall–Kier alpha value is -2.18. The molecule has 7 heteroatoms. The van der Waals surface area contributed by atoms with Crippen molar-refractivity contribution in [1.82, 2.24) is 18.8 Å². The molecule has 0 bridgehead atoms. The van der Waals surface area contributed by atoms with Crippen LogP contribution in [0.5, 0.6) is 0 Å². The van der Waals surface area contributed by atoms with Crippen molar-refractivity contribution >= 4 is 29.0 Å². The van der Waals surface area contributed by atoms with Crippen LogP contribution < -0.4 is 0 Å². The van der Waals surface area contributed by atoms with Gasteiger partial charge in [-0.1, -0.05) is 11.6 Å². The highest BCUT2D eigenvalue weighted by Gasteiger charge is 2.15. The van der Waals surface area contributed by atoms with Gasteiger partial charge in [0.05, 0.1) is 16.8 Å². The van der Waals surface area contributed by atoms with Crippen molar-refractivity contribution < 1.29 is 4.79 Å². The van der Waals surface area contributed by atoms with E-state index in [1.165, 1.54) is 16.4 Å². The van der Waals surface area contributed by atoms with Gasteiger partial charge >= 0.3 is 0 Å². The van der Waals surface area contributed by atoms with Crippen LogP contribution in [-0.2, 0) is 0 Å². The van der Waals surface area contributed by atoms with E-state index in [9.17, 15) is 4.79 Å². The van der Waals surface area contributed by atoms with Crippen molar-refractivity contribution in [3.63, 3.8) is 0 Å². The second-order valence-electron chi connectivity index (χ2n) is 4.90. The van der Waals surface area contributed by atoms with Gasteiger partial charge in [0.1, 0.15) is 5.82 Å². The Morgan fingerprint density at radius 2 is 2.18 bits per heavy atom. The first-order valence-electron chi connectivity index (χ1n) is 6.52. The van der Waals surface area contributed by atoms with E-state index in [1.807, 2.05) is 22.2 Å². The predicted molar refractivity (Wildman–Crippen MR) is 87.7 cm³/mol. The molecule has 0 radical (unpaired) electrons. The maximum absolute atomic E-state index is 12.2. The first-order chi connectivity index (χ1) is 10.6. The van der Waals surface area contributed by atoms with Crippen molar-refractivity contribution in [2.75, 3.05) is 14.1 Å². The summed E-state index contributed by atoms with van der Waals surface area (Å²) in [5.74, 6) is 0.644. The Morgan fingerprint density at radius 3 is 2.86 bits per heavy atom. The number of halogens is 1. The first-order valence-corrected chi connectivity index (χ1v) is 7.74. The zero-order valence-corrected chi connectivity index (χ0v) is 13.6. The fraction of sp³-hybridized carbons (Fsp3) is 0.133. The molecular formula is C15H13ClN4OS. The van der Waals surface area contributed by atoms with Gasteiger partial charge in [0.2, 0.25) is 0 Å². The molecule has 0 saturated carbocycles. The first kappa shape index (κ1) is 14.7. The molecule has 0 spiro atoms. The zero-order chi connectivity index (χ0) is 15.7. The van der Waals surface area contributed by atoms with E-state index in [0.29, 0.717) is 10.6 Å². The number of imidazole rings is 1. The molecule has 3 rings (SSSR count). The van der Waals surface area contributed by atoms with Crippen molar-refractivity contribution in [3.8, 4) is 17.1 Å². The van der Waals surface area contributed by atoms with E-state index in [1.54, 1.807) is 38.6 Å². The summed E-state index contributed by atoms with van der Waals surface area (Å²) in [4.78, 5) is 18.1. The fourth-order valence-corrected chi connectivity index (χ4v) is 2.82. The largest absolute Gasteiger partial charge is 0.345 e. The average Bonchev–Trinajstić information content (AvgIpc) is 3.17. The second-order valence-corrected chi connectivity index (χ2v) is 5.96. The van der Waals surface area contributed by atoms with Crippen LogP contribution in [0.2, 0.25) is 5.02 Å². The third kappa shape index (κ3) is 2.63. The minimum atomic E-state index is -0.134. The summed E-state index contributed by atoms with van der Waals surface area (Å²) < 4.78 is 6.01. The van der Waals surface area contributed by atoms with Gasteiger partial charge in [-0.25, -0.2) is 9.36 Å². The molecule has 0 aliphatic carbocycles. The molecule has 0 N–H and O–H groups in total. The quantitative estimate of drug-likeness (QED) is 0.739. The molecule has 0 atom stereocenters. The fourth-order valence-electron chi connectivity index (χ4n) is 2.11. The molecule has 2 heterocycles. The van der Waals surface area contributed by atoms with Gasteiger partial charge in [-0.3, -0.25) is 9.36 Å². The molecule has 112 valence electrons. The predicted octanol–water partition coefficient (Wildman–Crippen LogP) is 3.35. The van der Waals surface area contributed by atoms with Gasteiger partial charge in [0.15, 0.2) is 0 Å². The van der Waals surface area contributed by atoms with E-state index >= 15 is 0 Å². The van der Waals surface area contributed by atoms with Crippen LogP contribution in [0.4, 0.5) is 0 Å². The van der Waals surface area contributed by atoms with E-state index in [0.717, 1.165) is 17.1 Å². The van der Waals surface area contributed by atoms with Crippen LogP contribution in [0.3, 0.4) is 0 Å². The number of hydrogen-bond acceptors (Lipinski definition) is 4. The second kappa shape index (κ2) is 5.90. The molecule has 0 aliphatic heterocycles. The van der Waals surface area contributed by atoms with Crippen LogP contribution in [0.25, 0.3) is 17.1 Å². The summed E-state index contributed by atoms with van der Waals surface area (Å²) in [6.07, 6.45) is 5.33. The normalized spacial score (nSPS) is 10.7. The number of benzene rings is 1. The van der Waals surface area contributed by atoms with Gasteiger partial charge < -0.3 is 4.90 Å². The van der Waals surface area contributed by atoms with Crippen LogP contribution in [0.15, 0.2) is 42.2 Å². The van der Waals surface area contributed by atoms with Crippen molar-refractivity contribution in [3.05, 3.63) is 52.8 Å². The van der Waals surface area contributed by atoms with Crippen LogP contribution in [-0.4, -0.2) is 38.8 Å². The smallest absolute Gasteiger partial charge is 0.254 e. The number of rotatable bonds is 3. The summed E-state index contributed by atoms with van der Waals surface area (Å²) in [6.45, 7) is 0. The summed E-state index contributed by atoms with van der Waals surface area (Å²) in [5.41, 5.74) is 2.23. The van der Waals surface area contributed by atoms with Crippen molar-refractivity contribution in [2.24, 2.45) is 0 Å². The summed E-state index contributed by atoms with van der Waals surface area (Å²) in [7, 11) is 3.40. The van der Waals surface area contributed by atoms with E-state index < -0.39 is 0 Å². The van der Waals surface area contributed by atoms with Crippen molar-refractivity contribution in [1.29, 1.82) is 0 Å². The van der Waals surface area contributed by atoms with Gasteiger partial charge in [-0.15, -0.1) is 0 Å². The monoisotopic (exact) mass is 332 g/mol. The lowest BCUT2D eigenvalue weighted by molar-refractivity contribution is 0.0828. The van der Waals surface area contributed by atoms with Gasteiger partial charge in [-0.05, 0) is 29.7 Å². The lowest BCUT2D eigenvalue weighted by Crippen LogP contribution is -2.22. The number of hydrogen-bond donors (Lipinski definition) is 0. The Labute approximate surface area is 137 Å². The van der Waals surface area contributed by atoms with Crippen LogP contribution in [0.1, 0.15) is 10.4 Å². The lowest BCUT2D eigenvalue weighted by atomic mass is 10.1. The van der Waals surface area contributed by atoms with Gasteiger partial charge in [0.25, 0.3) is 5.91 Å². The number of amides is 1. The minimum absolute atomic E-state index is 0.134. The minimum Gasteiger partial charge on any atom is -0.345 e. The molecule has 0 saturated heterocycles. The topological polar surface area (TPSA) is 51.0 Å². The van der Waals surface area contributed by atoms with Gasteiger partial charge in [0, 0.05) is 43.1 Å². The number of carbonyl (C=O) groups excluding carboxylic acids is 1. The highest BCUT2D eigenvalue weighted by Crippen LogP contribution is 2.25. The molecular weight excluding hydrogens is 320 g/mol. The van der Waals surface area contributed by atoms with E-state index in [2.05, 4.69) is 9.36 Å². The molecule has 0 aliphatic rings. The molecule has 1 amide bonds. The zero-order valence-electron chi connectivity index (χ0n) is 12.0. The highest BCUT2D eigenvalue weighted by atomic mass is 35.5. The van der Waals surface area contributed by atoms with E-state index in [-0.39, 0.29) is 5.91 Å². The number of carbonyl (C=O) groups is 1. The standard InChI is InChI=1S/C15H13ClN4OS/c1-19(2)15(21)12-7-11(3-4-13(12)16)20-6-5-17-14(20)10-8-18-22-9-10/h3-9H,1-2H3. The third-order valence-corrected chi connectivity index (χ3v) is 4.11. The summed E-state index contributed by atoms with van der Waals surface area (Å²) in [5, 5.41) is 2.36. The average molecular weight is 333 g/mol. The van der Waals surface area contributed by atoms with E-state index in [4.69, 9.17) is 11.6 Å². The third-order valence-electron chi connectivity index (χ3n) is 3.20. The molecule has 0 unspecified atom stereocenters. The maximum Gasteiger partial charge on any atom is 0.254 e. The lowest BCUT2D eigenvalue weighted by Gasteiger charge is -2.14. The molecule has 2 aromatic heterocycles. The van der Waals surface area contributed by atoms with Gasteiger partial charge in [-0.2, -0.15) is 0 Å². The molecule has 22 heavy (non-hydrogen) atoms. The summed E-state index contributed by atoms with van der Waals surface area (Å²) in [6, 6.07) is 5.36. The van der Waals surface area contributed by atoms with Crippen LogP contribution in [0, 0.1) is 0 Å². The maximum atomic E-state index is 12.2. The molecule has 0 fully saturated rings. The SMILES string of the molecule is CN(C)C(=O)c1cc(-n2ccnc2-c2cnsc2)ccc1Cl. The number of nitrogens with zero attached hydrogens (tertiary/aromatic N) is 4. The number of aromatic nitrogens is 3. The Morgan fingerprint density at radius 1 is 1.36 bits per heavy atom. The molecule has 3 aromatic rings. The molecule has 1 aromatic carbocycles. The Balaban J connectivity index is 2.09. The summed E-state index contributed by atoms with van der Waals surface area (Å²) >= 11 is 7.53. The van der Waals surface area contributed by atoms with Crippen LogP contribution >= 0.6 is 23.1 Å². The Bertz CT molecular complexity index is 811. The Kier molecular flexibility index (Phi) is 3.96. The molecule has 5 nitrogen and oxygen atoms in total.